The summed E-state index contributed by atoms with van der Waals surface area (Å²) < 4.78 is 6.63. The molecule has 2 rings (SSSR count). The smallest absolute Gasteiger partial charge is 0.106 e. The number of anilines is 1. The Morgan fingerprint density at radius 1 is 1.47 bits per heavy atom. The number of rotatable bonds is 3. The number of ether oxygens (including phenoxy) is 1. The standard InChI is InChI=1S/C13H19BrN2O/c1-9(2)12-7-10(5-6-17-12)16-11-3-4-13(14)15-8-11/h3-4,8-10,12,16H,5-7H2,1-2H3. The van der Waals surface area contributed by atoms with Crippen LogP contribution in [-0.4, -0.2) is 23.7 Å². The van der Waals surface area contributed by atoms with Crippen LogP contribution in [0.15, 0.2) is 22.9 Å². The molecule has 1 aliphatic heterocycles. The maximum absolute atomic E-state index is 5.76. The molecule has 0 spiro atoms. The summed E-state index contributed by atoms with van der Waals surface area (Å²) in [7, 11) is 0. The fourth-order valence-electron chi connectivity index (χ4n) is 2.12. The zero-order valence-corrected chi connectivity index (χ0v) is 11.9. The lowest BCUT2D eigenvalue weighted by Gasteiger charge is -2.32. The third kappa shape index (κ3) is 3.68. The molecule has 0 amide bonds. The number of hydrogen-bond donors (Lipinski definition) is 1. The van der Waals surface area contributed by atoms with Crippen molar-refractivity contribution in [3.8, 4) is 0 Å². The molecule has 1 aromatic rings. The summed E-state index contributed by atoms with van der Waals surface area (Å²) in [6.45, 7) is 5.28. The van der Waals surface area contributed by atoms with E-state index in [2.05, 4.69) is 46.1 Å². The molecule has 0 aromatic carbocycles. The van der Waals surface area contributed by atoms with Gasteiger partial charge in [0.15, 0.2) is 0 Å². The van der Waals surface area contributed by atoms with Crippen molar-refractivity contribution in [2.45, 2.75) is 38.8 Å². The summed E-state index contributed by atoms with van der Waals surface area (Å²) in [6, 6.07) is 4.51. The fraction of sp³-hybridized carbons (Fsp3) is 0.615. The lowest BCUT2D eigenvalue weighted by molar-refractivity contribution is -0.0160. The Labute approximate surface area is 111 Å². The molecule has 4 heteroatoms. The number of pyridine rings is 1. The maximum Gasteiger partial charge on any atom is 0.106 e. The Morgan fingerprint density at radius 2 is 2.29 bits per heavy atom. The monoisotopic (exact) mass is 298 g/mol. The highest BCUT2D eigenvalue weighted by atomic mass is 79.9. The van der Waals surface area contributed by atoms with Gasteiger partial charge < -0.3 is 10.1 Å². The Bertz CT molecular complexity index is 353. The van der Waals surface area contributed by atoms with E-state index in [0.29, 0.717) is 18.1 Å². The minimum Gasteiger partial charge on any atom is -0.381 e. The van der Waals surface area contributed by atoms with Gasteiger partial charge in [0, 0.05) is 12.6 Å². The summed E-state index contributed by atoms with van der Waals surface area (Å²) in [5.41, 5.74) is 1.09. The first-order valence-electron chi connectivity index (χ1n) is 6.15. The SMILES string of the molecule is CC(C)C1CC(Nc2ccc(Br)nc2)CCO1. The van der Waals surface area contributed by atoms with E-state index in [-0.39, 0.29) is 0 Å². The molecule has 94 valence electrons. The molecular formula is C13H19BrN2O. The second-order valence-electron chi connectivity index (χ2n) is 4.89. The van der Waals surface area contributed by atoms with Crippen molar-refractivity contribution in [3.63, 3.8) is 0 Å². The summed E-state index contributed by atoms with van der Waals surface area (Å²) >= 11 is 3.34. The topological polar surface area (TPSA) is 34.2 Å². The van der Waals surface area contributed by atoms with Gasteiger partial charge >= 0.3 is 0 Å². The molecule has 0 aliphatic carbocycles. The third-order valence-corrected chi connectivity index (χ3v) is 3.63. The van der Waals surface area contributed by atoms with Gasteiger partial charge in [-0.1, -0.05) is 13.8 Å². The van der Waals surface area contributed by atoms with E-state index in [0.717, 1.165) is 29.7 Å². The van der Waals surface area contributed by atoms with Gasteiger partial charge in [0.2, 0.25) is 0 Å². The van der Waals surface area contributed by atoms with Crippen LogP contribution < -0.4 is 5.32 Å². The quantitative estimate of drug-likeness (QED) is 0.868. The molecule has 3 nitrogen and oxygen atoms in total. The van der Waals surface area contributed by atoms with E-state index in [1.165, 1.54) is 0 Å². The zero-order chi connectivity index (χ0) is 12.3. The summed E-state index contributed by atoms with van der Waals surface area (Å²) in [5, 5.41) is 3.53. The van der Waals surface area contributed by atoms with Crippen LogP contribution in [0.4, 0.5) is 5.69 Å². The molecule has 0 saturated carbocycles. The third-order valence-electron chi connectivity index (χ3n) is 3.16. The van der Waals surface area contributed by atoms with Gasteiger partial charge in [0.05, 0.1) is 18.0 Å². The van der Waals surface area contributed by atoms with Gasteiger partial charge in [0.1, 0.15) is 4.60 Å². The highest BCUT2D eigenvalue weighted by Crippen LogP contribution is 2.23. The Balaban J connectivity index is 1.92. The van der Waals surface area contributed by atoms with Gasteiger partial charge in [-0.3, -0.25) is 0 Å². The molecule has 1 N–H and O–H groups in total. The number of aromatic nitrogens is 1. The van der Waals surface area contributed by atoms with Gasteiger partial charge in [-0.25, -0.2) is 4.98 Å². The van der Waals surface area contributed by atoms with Gasteiger partial charge in [-0.15, -0.1) is 0 Å². The molecule has 2 heterocycles. The zero-order valence-electron chi connectivity index (χ0n) is 10.3. The van der Waals surface area contributed by atoms with E-state index in [4.69, 9.17) is 4.74 Å². The Morgan fingerprint density at radius 3 is 2.94 bits per heavy atom. The van der Waals surface area contributed by atoms with Crippen molar-refractivity contribution >= 4 is 21.6 Å². The second-order valence-corrected chi connectivity index (χ2v) is 5.70. The largest absolute Gasteiger partial charge is 0.381 e. The molecule has 1 aromatic heterocycles. The first kappa shape index (κ1) is 12.8. The van der Waals surface area contributed by atoms with E-state index in [1.807, 2.05) is 12.3 Å². The van der Waals surface area contributed by atoms with Crippen LogP contribution in [0.2, 0.25) is 0 Å². The Kier molecular flexibility index (Phi) is 4.40. The summed E-state index contributed by atoms with van der Waals surface area (Å²) in [4.78, 5) is 4.22. The number of nitrogens with zero attached hydrogens (tertiary/aromatic N) is 1. The lowest BCUT2D eigenvalue weighted by Crippen LogP contribution is -2.36. The van der Waals surface area contributed by atoms with Crippen molar-refractivity contribution in [3.05, 3.63) is 22.9 Å². The van der Waals surface area contributed by atoms with Crippen LogP contribution in [0, 0.1) is 5.92 Å². The van der Waals surface area contributed by atoms with Crippen LogP contribution in [0.25, 0.3) is 0 Å². The highest BCUT2D eigenvalue weighted by molar-refractivity contribution is 9.10. The average molecular weight is 299 g/mol. The molecule has 17 heavy (non-hydrogen) atoms. The van der Waals surface area contributed by atoms with Gasteiger partial charge in [0.25, 0.3) is 0 Å². The van der Waals surface area contributed by atoms with Crippen molar-refractivity contribution in [2.24, 2.45) is 5.92 Å². The molecule has 2 atom stereocenters. The van der Waals surface area contributed by atoms with Crippen LogP contribution in [0.5, 0.6) is 0 Å². The number of halogens is 1. The normalized spacial score (nSPS) is 24.9. The predicted octanol–water partition coefficient (Wildman–Crippen LogP) is 3.46. The van der Waals surface area contributed by atoms with Crippen LogP contribution in [0.3, 0.4) is 0 Å². The maximum atomic E-state index is 5.76. The predicted molar refractivity (Wildman–Crippen MR) is 73.2 cm³/mol. The fourth-order valence-corrected chi connectivity index (χ4v) is 2.36. The van der Waals surface area contributed by atoms with Crippen LogP contribution in [-0.2, 0) is 4.74 Å². The molecule has 1 aliphatic rings. The van der Waals surface area contributed by atoms with E-state index >= 15 is 0 Å². The average Bonchev–Trinajstić information content (AvgIpc) is 2.32. The van der Waals surface area contributed by atoms with E-state index < -0.39 is 0 Å². The van der Waals surface area contributed by atoms with Crippen molar-refractivity contribution in [2.75, 3.05) is 11.9 Å². The summed E-state index contributed by atoms with van der Waals surface area (Å²) in [6.07, 6.45) is 4.39. The molecule has 2 unspecified atom stereocenters. The molecule has 1 saturated heterocycles. The number of hydrogen-bond acceptors (Lipinski definition) is 3. The second kappa shape index (κ2) is 5.83. The lowest BCUT2D eigenvalue weighted by atomic mass is 9.95. The minimum atomic E-state index is 0.379. The van der Waals surface area contributed by atoms with Crippen molar-refractivity contribution in [1.29, 1.82) is 0 Å². The molecular weight excluding hydrogens is 280 g/mol. The van der Waals surface area contributed by atoms with E-state index in [1.54, 1.807) is 0 Å². The van der Waals surface area contributed by atoms with E-state index in [9.17, 15) is 0 Å². The van der Waals surface area contributed by atoms with Crippen molar-refractivity contribution < 1.29 is 4.74 Å². The van der Waals surface area contributed by atoms with Crippen molar-refractivity contribution in [1.82, 2.24) is 4.98 Å². The highest BCUT2D eigenvalue weighted by Gasteiger charge is 2.24. The number of nitrogens with one attached hydrogen (secondary N) is 1. The summed E-state index contributed by atoms with van der Waals surface area (Å²) in [5.74, 6) is 0.586. The van der Waals surface area contributed by atoms with Gasteiger partial charge in [-0.2, -0.15) is 0 Å². The molecule has 1 fully saturated rings. The van der Waals surface area contributed by atoms with Gasteiger partial charge in [-0.05, 0) is 46.8 Å². The van der Waals surface area contributed by atoms with Crippen LogP contribution in [0.1, 0.15) is 26.7 Å². The molecule has 0 radical (unpaired) electrons. The first-order valence-corrected chi connectivity index (χ1v) is 6.94. The molecule has 0 bridgehead atoms. The van der Waals surface area contributed by atoms with Crippen LogP contribution >= 0.6 is 15.9 Å². The Hall–Kier alpha value is -0.610. The minimum absolute atomic E-state index is 0.379. The first-order chi connectivity index (χ1) is 8.15.